The average Bonchev–Trinajstić information content (AvgIpc) is 3.25. The Hall–Kier alpha value is -1.66. The van der Waals surface area contributed by atoms with E-state index in [1.54, 1.807) is 7.11 Å². The smallest absolute Gasteiger partial charge is 0.339 e. The van der Waals surface area contributed by atoms with Gasteiger partial charge in [-0.1, -0.05) is 0 Å². The summed E-state index contributed by atoms with van der Waals surface area (Å²) in [6.07, 6.45) is 6.58. The van der Waals surface area contributed by atoms with Crippen LogP contribution in [-0.2, 0) is 17.6 Å². The quantitative estimate of drug-likeness (QED) is 0.869. The molecule has 1 atom stereocenters. The van der Waals surface area contributed by atoms with Crippen LogP contribution in [0.5, 0.6) is 0 Å². The lowest BCUT2D eigenvalue weighted by atomic mass is 9.79. The molecule has 4 rings (SSSR count). The number of fused-ring (bicyclic) bond motifs is 1. The molecule has 0 amide bonds. The Balaban J connectivity index is 1.54. The van der Waals surface area contributed by atoms with E-state index in [-0.39, 0.29) is 5.41 Å². The number of ether oxygens (including phenoxy) is 1. The van der Waals surface area contributed by atoms with Crippen molar-refractivity contribution in [2.45, 2.75) is 38.5 Å². The van der Waals surface area contributed by atoms with Gasteiger partial charge < -0.3 is 19.6 Å². The summed E-state index contributed by atoms with van der Waals surface area (Å²) in [5, 5.41) is 9.71. The number of methoxy groups -OCH3 is 1. The van der Waals surface area contributed by atoms with Crippen LogP contribution < -0.4 is 4.90 Å². The largest absolute Gasteiger partial charge is 0.478 e. The third-order valence-electron chi connectivity index (χ3n) is 6.35. The first-order chi connectivity index (χ1) is 12.6. The number of carboxylic acid groups (broad SMARTS) is 1. The molecule has 0 radical (unpaired) electrons. The molecule has 6 heteroatoms. The number of carbonyl (C=O) groups is 1. The summed E-state index contributed by atoms with van der Waals surface area (Å²) in [6, 6.07) is 1.88. The van der Waals surface area contributed by atoms with E-state index in [1.807, 2.05) is 6.07 Å². The number of rotatable bonds is 5. The molecule has 2 fully saturated rings. The van der Waals surface area contributed by atoms with E-state index in [0.717, 1.165) is 76.3 Å². The summed E-state index contributed by atoms with van der Waals surface area (Å²) >= 11 is 0. The van der Waals surface area contributed by atoms with E-state index < -0.39 is 5.97 Å². The van der Waals surface area contributed by atoms with Crippen molar-refractivity contribution in [3.63, 3.8) is 0 Å². The van der Waals surface area contributed by atoms with E-state index >= 15 is 0 Å². The minimum absolute atomic E-state index is 0.266. The fourth-order valence-electron chi connectivity index (χ4n) is 5.03. The Labute approximate surface area is 155 Å². The number of anilines is 1. The predicted molar refractivity (Wildman–Crippen MR) is 100 cm³/mol. The Morgan fingerprint density at radius 3 is 2.96 bits per heavy atom. The van der Waals surface area contributed by atoms with Crippen molar-refractivity contribution in [1.82, 2.24) is 9.88 Å². The van der Waals surface area contributed by atoms with Gasteiger partial charge in [0.1, 0.15) is 11.4 Å². The van der Waals surface area contributed by atoms with Gasteiger partial charge in [-0.25, -0.2) is 9.78 Å². The first-order valence-electron chi connectivity index (χ1n) is 9.83. The number of piperidine rings is 1. The van der Waals surface area contributed by atoms with Crippen LogP contribution >= 0.6 is 0 Å². The monoisotopic (exact) mass is 359 g/mol. The lowest BCUT2D eigenvalue weighted by molar-refractivity contribution is 0.0695. The molecular formula is C20H29N3O3. The molecule has 142 valence electrons. The van der Waals surface area contributed by atoms with Gasteiger partial charge in [0.05, 0.1) is 6.61 Å². The first-order valence-corrected chi connectivity index (χ1v) is 9.83. The Kier molecular flexibility index (Phi) is 4.88. The number of aromatic nitrogens is 1. The lowest BCUT2D eigenvalue weighted by Crippen LogP contribution is -2.46. The SMILES string of the molecule is COCCN1CCCC2(CCN(c3nc4c(cc3C(=O)O)CCC4)C2)C1. The van der Waals surface area contributed by atoms with Crippen LogP contribution in [0.2, 0.25) is 0 Å². The Morgan fingerprint density at radius 1 is 1.27 bits per heavy atom. The normalized spacial score (nSPS) is 25.8. The van der Waals surface area contributed by atoms with E-state index in [0.29, 0.717) is 11.4 Å². The molecule has 1 aromatic heterocycles. The third-order valence-corrected chi connectivity index (χ3v) is 6.35. The summed E-state index contributed by atoms with van der Waals surface area (Å²) in [5.41, 5.74) is 2.89. The number of aromatic carboxylic acids is 1. The topological polar surface area (TPSA) is 65.9 Å². The third kappa shape index (κ3) is 3.32. The summed E-state index contributed by atoms with van der Waals surface area (Å²) in [6.45, 7) is 5.81. The van der Waals surface area contributed by atoms with Crippen molar-refractivity contribution >= 4 is 11.8 Å². The Morgan fingerprint density at radius 2 is 2.15 bits per heavy atom. The van der Waals surface area contributed by atoms with Gasteiger partial charge in [0, 0.05) is 44.4 Å². The summed E-state index contributed by atoms with van der Waals surface area (Å²) in [5.74, 6) is -0.155. The molecule has 0 bridgehead atoms. The molecule has 1 spiro atoms. The van der Waals surface area contributed by atoms with E-state index in [2.05, 4.69) is 9.80 Å². The molecule has 1 aliphatic carbocycles. The highest BCUT2D eigenvalue weighted by Gasteiger charge is 2.42. The molecule has 3 heterocycles. The van der Waals surface area contributed by atoms with Crippen molar-refractivity contribution in [2.24, 2.45) is 5.41 Å². The van der Waals surface area contributed by atoms with Crippen LogP contribution in [0.3, 0.4) is 0 Å². The van der Waals surface area contributed by atoms with Crippen molar-refractivity contribution < 1.29 is 14.6 Å². The number of pyridine rings is 1. The van der Waals surface area contributed by atoms with E-state index in [1.165, 1.54) is 12.8 Å². The zero-order chi connectivity index (χ0) is 18.1. The van der Waals surface area contributed by atoms with Gasteiger partial charge in [0.15, 0.2) is 0 Å². The van der Waals surface area contributed by atoms with Crippen LogP contribution in [-0.4, -0.2) is 67.4 Å². The van der Waals surface area contributed by atoms with Crippen LogP contribution in [0.15, 0.2) is 6.07 Å². The average molecular weight is 359 g/mol. The molecule has 3 aliphatic rings. The number of nitrogens with zero attached hydrogens (tertiary/aromatic N) is 3. The van der Waals surface area contributed by atoms with Crippen LogP contribution in [0.1, 0.15) is 47.3 Å². The summed E-state index contributed by atoms with van der Waals surface area (Å²) < 4.78 is 5.24. The van der Waals surface area contributed by atoms with Crippen molar-refractivity contribution in [3.8, 4) is 0 Å². The maximum Gasteiger partial charge on any atom is 0.339 e. The lowest BCUT2D eigenvalue weighted by Gasteiger charge is -2.40. The van der Waals surface area contributed by atoms with E-state index in [9.17, 15) is 9.90 Å². The van der Waals surface area contributed by atoms with E-state index in [4.69, 9.17) is 9.72 Å². The minimum Gasteiger partial charge on any atom is -0.478 e. The van der Waals surface area contributed by atoms with Gasteiger partial charge in [0.25, 0.3) is 0 Å². The van der Waals surface area contributed by atoms with Gasteiger partial charge >= 0.3 is 5.97 Å². The van der Waals surface area contributed by atoms with Gasteiger partial charge in [-0.2, -0.15) is 0 Å². The van der Waals surface area contributed by atoms with Crippen molar-refractivity contribution in [2.75, 3.05) is 51.3 Å². The first kappa shape index (κ1) is 17.7. The van der Waals surface area contributed by atoms with Gasteiger partial charge in [0.2, 0.25) is 0 Å². The molecule has 6 nitrogen and oxygen atoms in total. The number of aryl methyl sites for hydroxylation is 2. The fourth-order valence-corrected chi connectivity index (χ4v) is 5.03. The van der Waals surface area contributed by atoms with Gasteiger partial charge in [-0.15, -0.1) is 0 Å². The molecule has 26 heavy (non-hydrogen) atoms. The number of carboxylic acids is 1. The highest BCUT2D eigenvalue weighted by atomic mass is 16.5. The molecule has 0 aromatic carbocycles. The molecule has 0 saturated carbocycles. The molecule has 2 saturated heterocycles. The summed E-state index contributed by atoms with van der Waals surface area (Å²) in [4.78, 5) is 21.4. The van der Waals surface area contributed by atoms with Crippen molar-refractivity contribution in [1.29, 1.82) is 0 Å². The van der Waals surface area contributed by atoms with Crippen LogP contribution in [0.25, 0.3) is 0 Å². The molecule has 1 N–H and O–H groups in total. The minimum atomic E-state index is -0.853. The zero-order valence-corrected chi connectivity index (χ0v) is 15.7. The van der Waals surface area contributed by atoms with Crippen molar-refractivity contribution in [3.05, 3.63) is 22.9 Å². The maximum absolute atomic E-state index is 11.8. The van der Waals surface area contributed by atoms with Gasteiger partial charge in [-0.05, 0) is 56.7 Å². The predicted octanol–water partition coefficient (Wildman–Crippen LogP) is 2.21. The zero-order valence-electron chi connectivity index (χ0n) is 15.7. The van der Waals surface area contributed by atoms with Crippen LogP contribution in [0, 0.1) is 5.41 Å². The number of hydrogen-bond donors (Lipinski definition) is 1. The van der Waals surface area contributed by atoms with Gasteiger partial charge in [-0.3, -0.25) is 0 Å². The molecule has 1 unspecified atom stereocenters. The molecule has 2 aliphatic heterocycles. The second-order valence-corrected chi connectivity index (χ2v) is 8.17. The Bertz CT molecular complexity index is 693. The summed E-state index contributed by atoms with van der Waals surface area (Å²) in [7, 11) is 1.75. The standard InChI is InChI=1S/C20H29N3O3/c1-26-11-10-22-8-3-6-20(13-22)7-9-23(14-20)18-16(19(24)25)12-15-4-2-5-17(15)21-18/h12H,2-11,13-14H2,1H3,(H,24,25). The second kappa shape index (κ2) is 7.16. The fraction of sp³-hybridized carbons (Fsp3) is 0.700. The highest BCUT2D eigenvalue weighted by molar-refractivity contribution is 5.93. The maximum atomic E-state index is 11.8. The number of hydrogen-bond acceptors (Lipinski definition) is 5. The number of likely N-dealkylation sites (tertiary alicyclic amines) is 1. The second-order valence-electron chi connectivity index (χ2n) is 8.17. The molecular weight excluding hydrogens is 330 g/mol. The highest BCUT2D eigenvalue weighted by Crippen LogP contribution is 2.41. The van der Waals surface area contributed by atoms with Crippen LogP contribution in [0.4, 0.5) is 5.82 Å². The molecule has 1 aromatic rings.